The van der Waals surface area contributed by atoms with Gasteiger partial charge in [0, 0.05) is 29.8 Å². The summed E-state index contributed by atoms with van der Waals surface area (Å²) in [7, 11) is 0. The molecule has 0 atom stereocenters. The van der Waals surface area contributed by atoms with Gasteiger partial charge in [-0.1, -0.05) is 23.7 Å². The highest BCUT2D eigenvalue weighted by Gasteiger charge is 2.11. The molecule has 0 bridgehead atoms. The van der Waals surface area contributed by atoms with Gasteiger partial charge in [-0.3, -0.25) is 4.79 Å². The fourth-order valence-electron chi connectivity index (χ4n) is 1.66. The van der Waals surface area contributed by atoms with E-state index in [1.54, 1.807) is 18.2 Å². The number of nitrogens with one attached hydrogen (secondary N) is 1. The summed E-state index contributed by atoms with van der Waals surface area (Å²) in [6.45, 7) is 2.26. The largest absolute Gasteiger partial charge is 0.321 e. The number of carbonyl (C=O) groups is 1. The molecule has 0 radical (unpaired) electrons. The van der Waals surface area contributed by atoms with Crippen molar-refractivity contribution in [1.29, 1.82) is 0 Å². The van der Waals surface area contributed by atoms with Gasteiger partial charge in [0.25, 0.3) is 5.91 Å². The van der Waals surface area contributed by atoms with Crippen LogP contribution in [0.3, 0.4) is 0 Å². The van der Waals surface area contributed by atoms with Gasteiger partial charge in [0.05, 0.1) is 0 Å². The van der Waals surface area contributed by atoms with Crippen LogP contribution in [0.5, 0.6) is 0 Å². The van der Waals surface area contributed by atoms with Crippen molar-refractivity contribution < 1.29 is 9.36 Å². The number of carbonyl (C=O) groups excluding carboxylic acids is 1. The lowest BCUT2D eigenvalue weighted by molar-refractivity contribution is -0.690. The lowest BCUT2D eigenvalue weighted by Crippen LogP contribution is -2.42. The van der Waals surface area contributed by atoms with Gasteiger partial charge < -0.3 is 5.32 Å². The van der Waals surface area contributed by atoms with Crippen molar-refractivity contribution in [3.8, 4) is 0 Å². The molecule has 0 unspecified atom stereocenters. The zero-order chi connectivity index (χ0) is 13.0. The second-order valence-electron chi connectivity index (χ2n) is 4.03. The highest BCUT2D eigenvalue weighted by molar-refractivity contribution is 6.30. The first kappa shape index (κ1) is 12.6. The van der Waals surface area contributed by atoms with Crippen LogP contribution in [0, 0.1) is 6.92 Å². The summed E-state index contributed by atoms with van der Waals surface area (Å²) in [5.41, 5.74) is 1.75. The molecule has 1 amide bonds. The second kappa shape index (κ2) is 5.65. The highest BCUT2D eigenvalue weighted by atomic mass is 35.5. The number of aryl methyl sites for hydroxylation is 1. The van der Waals surface area contributed by atoms with Gasteiger partial charge in [0.15, 0.2) is 11.9 Å². The van der Waals surface area contributed by atoms with Gasteiger partial charge >= 0.3 is 0 Å². The fourth-order valence-corrected chi connectivity index (χ4v) is 1.85. The van der Waals surface area contributed by atoms with E-state index in [9.17, 15) is 4.79 Å². The quantitative estimate of drug-likeness (QED) is 0.847. The van der Waals surface area contributed by atoms with Crippen LogP contribution in [0.1, 0.15) is 5.69 Å². The van der Waals surface area contributed by atoms with Crippen molar-refractivity contribution in [3.63, 3.8) is 0 Å². The lowest BCUT2D eigenvalue weighted by atomic mass is 10.3. The summed E-state index contributed by atoms with van der Waals surface area (Å²) in [5.74, 6) is -0.0726. The first-order chi connectivity index (χ1) is 8.65. The topological polar surface area (TPSA) is 33.0 Å². The van der Waals surface area contributed by atoms with Gasteiger partial charge in [0.2, 0.25) is 6.54 Å². The molecule has 2 rings (SSSR count). The zero-order valence-electron chi connectivity index (χ0n) is 10.1. The molecule has 0 fully saturated rings. The fraction of sp³-hybridized carbons (Fsp3) is 0.143. The van der Waals surface area contributed by atoms with Crippen molar-refractivity contribution in [2.45, 2.75) is 13.5 Å². The van der Waals surface area contributed by atoms with Crippen LogP contribution in [-0.2, 0) is 11.3 Å². The third kappa shape index (κ3) is 3.31. The maximum absolute atomic E-state index is 11.9. The van der Waals surface area contributed by atoms with Crippen LogP contribution >= 0.6 is 11.6 Å². The van der Waals surface area contributed by atoms with E-state index in [1.807, 2.05) is 42.0 Å². The number of amides is 1. The van der Waals surface area contributed by atoms with Crippen LogP contribution in [0.15, 0.2) is 48.7 Å². The minimum absolute atomic E-state index is 0.0726. The number of aromatic nitrogens is 1. The van der Waals surface area contributed by atoms with Crippen molar-refractivity contribution >= 4 is 23.2 Å². The molecule has 92 valence electrons. The Balaban J connectivity index is 2.03. The first-order valence-electron chi connectivity index (χ1n) is 5.65. The summed E-state index contributed by atoms with van der Waals surface area (Å²) in [6.07, 6.45) is 1.88. The van der Waals surface area contributed by atoms with E-state index in [0.29, 0.717) is 17.3 Å². The molecule has 4 heteroatoms. The average Bonchev–Trinajstić information content (AvgIpc) is 2.32. The second-order valence-corrected chi connectivity index (χ2v) is 4.46. The number of nitrogens with zero attached hydrogens (tertiary/aromatic N) is 1. The van der Waals surface area contributed by atoms with Gasteiger partial charge in [0.1, 0.15) is 0 Å². The maximum atomic E-state index is 11.9. The van der Waals surface area contributed by atoms with Crippen LogP contribution in [-0.4, -0.2) is 5.91 Å². The molecule has 0 aliphatic rings. The van der Waals surface area contributed by atoms with Crippen LogP contribution in [0.2, 0.25) is 5.02 Å². The number of halogens is 1. The van der Waals surface area contributed by atoms with Gasteiger partial charge in [-0.15, -0.1) is 0 Å². The van der Waals surface area contributed by atoms with E-state index in [2.05, 4.69) is 5.32 Å². The van der Waals surface area contributed by atoms with E-state index in [1.165, 1.54) is 0 Å². The monoisotopic (exact) mass is 261 g/mol. The molecule has 18 heavy (non-hydrogen) atoms. The minimum atomic E-state index is -0.0726. The summed E-state index contributed by atoms with van der Waals surface area (Å²) in [6, 6.07) is 12.9. The standard InChI is InChI=1S/C14H13ClN2O/c1-11-5-2-3-8-17(11)10-14(18)16-13-7-4-6-12(15)9-13/h2-9H,10H2,1H3/p+1. The van der Waals surface area contributed by atoms with E-state index in [-0.39, 0.29) is 5.91 Å². The SMILES string of the molecule is Cc1cccc[n+]1CC(=O)Nc1cccc(Cl)c1. The van der Waals surface area contributed by atoms with Crippen LogP contribution < -0.4 is 9.88 Å². The predicted molar refractivity (Wildman–Crippen MR) is 71.5 cm³/mol. The Labute approximate surface area is 111 Å². The molecule has 0 saturated heterocycles. The Morgan fingerprint density at radius 2 is 2.11 bits per heavy atom. The number of benzene rings is 1. The molecule has 0 spiro atoms. The Morgan fingerprint density at radius 1 is 1.28 bits per heavy atom. The molecule has 2 aromatic rings. The van der Waals surface area contributed by atoms with E-state index >= 15 is 0 Å². The lowest BCUT2D eigenvalue weighted by Gasteiger charge is -2.04. The van der Waals surface area contributed by atoms with Crippen molar-refractivity contribution in [3.05, 3.63) is 59.4 Å². The summed E-state index contributed by atoms with van der Waals surface area (Å²) in [5, 5.41) is 3.42. The molecular weight excluding hydrogens is 248 g/mol. The molecule has 3 nitrogen and oxygen atoms in total. The smallest absolute Gasteiger partial charge is 0.290 e. The average molecular weight is 262 g/mol. The zero-order valence-corrected chi connectivity index (χ0v) is 10.8. The van der Waals surface area contributed by atoms with Gasteiger partial charge in [-0.2, -0.15) is 4.57 Å². The number of hydrogen-bond acceptors (Lipinski definition) is 1. The molecule has 0 aliphatic carbocycles. The van der Waals surface area contributed by atoms with E-state index in [0.717, 1.165) is 5.69 Å². The summed E-state index contributed by atoms with van der Waals surface area (Å²) < 4.78 is 1.89. The third-order valence-corrected chi connectivity index (χ3v) is 2.83. The van der Waals surface area contributed by atoms with Gasteiger partial charge in [-0.05, 0) is 18.2 Å². The normalized spacial score (nSPS) is 10.1. The molecule has 1 aromatic carbocycles. The van der Waals surface area contributed by atoms with Crippen molar-refractivity contribution in [2.24, 2.45) is 0 Å². The third-order valence-electron chi connectivity index (χ3n) is 2.59. The van der Waals surface area contributed by atoms with E-state index in [4.69, 9.17) is 11.6 Å². The molecule has 0 saturated carbocycles. The van der Waals surface area contributed by atoms with Crippen LogP contribution in [0.4, 0.5) is 5.69 Å². The maximum Gasteiger partial charge on any atom is 0.290 e. The molecular formula is C14H14ClN2O+. The number of rotatable bonds is 3. The molecule has 1 heterocycles. The van der Waals surface area contributed by atoms with Crippen molar-refractivity contribution in [1.82, 2.24) is 0 Å². The summed E-state index contributed by atoms with van der Waals surface area (Å²) in [4.78, 5) is 11.9. The Morgan fingerprint density at radius 3 is 2.83 bits per heavy atom. The highest BCUT2D eigenvalue weighted by Crippen LogP contribution is 2.14. The molecule has 1 aromatic heterocycles. The Bertz CT molecular complexity index is 569. The summed E-state index contributed by atoms with van der Waals surface area (Å²) >= 11 is 5.86. The Kier molecular flexibility index (Phi) is 3.95. The van der Waals surface area contributed by atoms with Crippen LogP contribution in [0.25, 0.3) is 0 Å². The number of hydrogen-bond donors (Lipinski definition) is 1. The van der Waals surface area contributed by atoms with Crippen molar-refractivity contribution in [2.75, 3.05) is 5.32 Å². The molecule has 0 aliphatic heterocycles. The van der Waals surface area contributed by atoms with Gasteiger partial charge in [-0.25, -0.2) is 0 Å². The number of pyridine rings is 1. The molecule has 1 N–H and O–H groups in total. The predicted octanol–water partition coefficient (Wildman–Crippen LogP) is 2.57. The van der Waals surface area contributed by atoms with E-state index < -0.39 is 0 Å². The Hall–Kier alpha value is -1.87. The first-order valence-corrected chi connectivity index (χ1v) is 6.03. The minimum Gasteiger partial charge on any atom is -0.321 e. The number of anilines is 1.